The Hall–Kier alpha value is -2.76. The van der Waals surface area contributed by atoms with E-state index >= 15 is 0 Å². The zero-order valence-corrected chi connectivity index (χ0v) is 16.9. The third-order valence-corrected chi connectivity index (χ3v) is 6.74. The number of anilines is 3. The number of hydrogen-bond acceptors (Lipinski definition) is 8. The fraction of sp³-hybridized carbons (Fsp3) is 0.429. The van der Waals surface area contributed by atoms with E-state index in [9.17, 15) is 5.26 Å². The summed E-state index contributed by atoms with van der Waals surface area (Å²) in [7, 11) is 0. The van der Waals surface area contributed by atoms with E-state index in [0.29, 0.717) is 19.1 Å². The summed E-state index contributed by atoms with van der Waals surface area (Å²) in [5.74, 6) is 1.97. The molecule has 0 spiro atoms. The van der Waals surface area contributed by atoms with Crippen molar-refractivity contribution in [2.24, 2.45) is 0 Å². The maximum Gasteiger partial charge on any atom is 0.225 e. The van der Waals surface area contributed by atoms with Crippen molar-refractivity contribution in [2.45, 2.75) is 31.6 Å². The van der Waals surface area contributed by atoms with E-state index in [0.717, 1.165) is 45.5 Å². The monoisotopic (exact) mass is 406 g/mol. The van der Waals surface area contributed by atoms with Gasteiger partial charge in [-0.15, -0.1) is 11.3 Å². The summed E-state index contributed by atoms with van der Waals surface area (Å²) in [5, 5.41) is 14.1. The molecule has 3 aromatic heterocycles. The molecule has 29 heavy (non-hydrogen) atoms. The Morgan fingerprint density at radius 1 is 1.10 bits per heavy atom. The average molecular weight is 407 g/mol. The van der Waals surface area contributed by atoms with E-state index in [1.165, 1.54) is 31.2 Å². The fourth-order valence-electron chi connectivity index (χ4n) is 4.25. The van der Waals surface area contributed by atoms with Gasteiger partial charge in [-0.1, -0.05) is 12.8 Å². The van der Waals surface area contributed by atoms with Crippen molar-refractivity contribution in [3.8, 4) is 6.07 Å². The predicted octanol–water partition coefficient (Wildman–Crippen LogP) is 4.20. The maximum absolute atomic E-state index is 9.61. The summed E-state index contributed by atoms with van der Waals surface area (Å²) in [6.07, 6.45) is 10.3. The Morgan fingerprint density at radius 3 is 2.59 bits per heavy atom. The maximum atomic E-state index is 9.61. The van der Waals surface area contributed by atoms with Gasteiger partial charge in [0.05, 0.1) is 36.0 Å². The summed E-state index contributed by atoms with van der Waals surface area (Å²) in [6.45, 7) is 3.05. The lowest BCUT2D eigenvalue weighted by Gasteiger charge is -2.26. The summed E-state index contributed by atoms with van der Waals surface area (Å²) in [5.41, 5.74) is 2.02. The van der Waals surface area contributed by atoms with Crippen molar-refractivity contribution in [3.63, 3.8) is 0 Å². The van der Waals surface area contributed by atoms with Crippen LogP contribution in [-0.4, -0.2) is 41.3 Å². The standard InChI is InChI=1S/C21H22N6OS/c22-10-17-20(14-3-1-2-4-14)16-9-19(23-13-18(16)29-17)26-15-11-24-21(25-12-15)27-5-7-28-8-6-27/h9,11-14H,1-8H2,(H,23,26). The number of fused-ring (bicyclic) bond motifs is 1. The Bertz CT molecular complexity index is 1050. The first kappa shape index (κ1) is 18.3. The Balaban J connectivity index is 1.40. The number of nitriles is 1. The molecular weight excluding hydrogens is 384 g/mol. The molecule has 148 valence electrons. The molecular formula is C21H22N6OS. The van der Waals surface area contributed by atoms with Gasteiger partial charge in [0.1, 0.15) is 16.8 Å². The topological polar surface area (TPSA) is 87.0 Å². The van der Waals surface area contributed by atoms with Gasteiger partial charge < -0.3 is 15.0 Å². The zero-order chi connectivity index (χ0) is 19.6. The van der Waals surface area contributed by atoms with E-state index in [1.807, 2.05) is 6.20 Å². The van der Waals surface area contributed by atoms with Crippen LogP contribution in [-0.2, 0) is 4.74 Å². The van der Waals surface area contributed by atoms with Gasteiger partial charge in [-0.05, 0) is 30.4 Å². The van der Waals surface area contributed by atoms with Crippen LogP contribution < -0.4 is 10.2 Å². The normalized spacial score (nSPS) is 17.6. The van der Waals surface area contributed by atoms with Gasteiger partial charge in [0, 0.05) is 24.7 Å². The van der Waals surface area contributed by atoms with Crippen molar-refractivity contribution in [1.82, 2.24) is 15.0 Å². The molecule has 8 heteroatoms. The van der Waals surface area contributed by atoms with E-state index < -0.39 is 0 Å². The first-order valence-corrected chi connectivity index (χ1v) is 10.9. The van der Waals surface area contributed by atoms with E-state index in [1.54, 1.807) is 23.7 Å². The molecule has 1 saturated carbocycles. The number of nitrogens with zero attached hydrogens (tertiary/aromatic N) is 5. The lowest BCUT2D eigenvalue weighted by atomic mass is 9.95. The largest absolute Gasteiger partial charge is 0.378 e. The van der Waals surface area contributed by atoms with Crippen LogP contribution in [0.4, 0.5) is 17.5 Å². The van der Waals surface area contributed by atoms with E-state index in [2.05, 4.69) is 37.3 Å². The van der Waals surface area contributed by atoms with Gasteiger partial charge in [0.15, 0.2) is 0 Å². The quantitative estimate of drug-likeness (QED) is 0.695. The molecule has 2 fully saturated rings. The third kappa shape index (κ3) is 3.63. The Morgan fingerprint density at radius 2 is 1.86 bits per heavy atom. The molecule has 2 aliphatic rings. The van der Waals surface area contributed by atoms with Crippen molar-refractivity contribution >= 4 is 38.9 Å². The highest BCUT2D eigenvalue weighted by Gasteiger charge is 2.24. The number of aromatic nitrogens is 3. The lowest BCUT2D eigenvalue weighted by Crippen LogP contribution is -2.37. The summed E-state index contributed by atoms with van der Waals surface area (Å²) in [4.78, 5) is 16.5. The predicted molar refractivity (Wildman–Crippen MR) is 114 cm³/mol. The van der Waals surface area contributed by atoms with Crippen LogP contribution in [0.25, 0.3) is 10.1 Å². The average Bonchev–Trinajstić information content (AvgIpc) is 3.42. The van der Waals surface area contributed by atoms with Crippen LogP contribution in [0.15, 0.2) is 24.7 Å². The number of pyridine rings is 1. The highest BCUT2D eigenvalue weighted by molar-refractivity contribution is 7.19. The second kappa shape index (κ2) is 7.93. The highest BCUT2D eigenvalue weighted by atomic mass is 32.1. The number of rotatable bonds is 4. The molecule has 0 bridgehead atoms. The third-order valence-electron chi connectivity index (χ3n) is 5.68. The van der Waals surface area contributed by atoms with Crippen LogP contribution in [0.3, 0.4) is 0 Å². The van der Waals surface area contributed by atoms with Crippen LogP contribution in [0, 0.1) is 11.3 Å². The van der Waals surface area contributed by atoms with Gasteiger partial charge >= 0.3 is 0 Å². The summed E-state index contributed by atoms with van der Waals surface area (Å²) >= 11 is 1.55. The van der Waals surface area contributed by atoms with Crippen LogP contribution in [0.1, 0.15) is 42.0 Å². The molecule has 5 rings (SSSR count). The molecule has 1 aliphatic carbocycles. The Kier molecular flexibility index (Phi) is 5.00. The second-order valence-corrected chi connectivity index (χ2v) is 8.55. The van der Waals surface area contributed by atoms with Crippen molar-refractivity contribution in [2.75, 3.05) is 36.5 Å². The van der Waals surface area contributed by atoms with Gasteiger partial charge in [-0.25, -0.2) is 15.0 Å². The first-order valence-electron chi connectivity index (χ1n) is 10.1. The molecule has 0 unspecified atom stereocenters. The van der Waals surface area contributed by atoms with Gasteiger partial charge in [-0.2, -0.15) is 5.26 Å². The van der Waals surface area contributed by atoms with Crippen molar-refractivity contribution in [3.05, 3.63) is 35.1 Å². The molecule has 1 N–H and O–H groups in total. The molecule has 3 aromatic rings. The second-order valence-electron chi connectivity index (χ2n) is 7.50. The Labute approximate surface area is 173 Å². The smallest absolute Gasteiger partial charge is 0.225 e. The highest BCUT2D eigenvalue weighted by Crippen LogP contribution is 2.43. The van der Waals surface area contributed by atoms with Crippen molar-refractivity contribution < 1.29 is 4.74 Å². The first-order chi connectivity index (χ1) is 14.3. The minimum Gasteiger partial charge on any atom is -0.378 e. The molecule has 1 aliphatic heterocycles. The zero-order valence-electron chi connectivity index (χ0n) is 16.1. The molecule has 0 radical (unpaired) electrons. The van der Waals surface area contributed by atoms with E-state index in [-0.39, 0.29) is 0 Å². The minimum atomic E-state index is 0.491. The van der Waals surface area contributed by atoms with E-state index in [4.69, 9.17) is 4.74 Å². The number of thiophene rings is 1. The van der Waals surface area contributed by atoms with Crippen LogP contribution >= 0.6 is 11.3 Å². The number of ether oxygens (including phenoxy) is 1. The van der Waals surface area contributed by atoms with Crippen LogP contribution in [0.5, 0.6) is 0 Å². The molecule has 0 aromatic carbocycles. The molecule has 4 heterocycles. The van der Waals surface area contributed by atoms with Gasteiger partial charge in [-0.3, -0.25) is 0 Å². The molecule has 0 atom stereocenters. The van der Waals surface area contributed by atoms with Gasteiger partial charge in [0.2, 0.25) is 5.95 Å². The molecule has 1 saturated heterocycles. The minimum absolute atomic E-state index is 0.491. The summed E-state index contributed by atoms with van der Waals surface area (Å²) in [6, 6.07) is 4.47. The molecule has 7 nitrogen and oxygen atoms in total. The number of morpholine rings is 1. The number of nitrogens with one attached hydrogen (secondary N) is 1. The molecule has 0 amide bonds. The fourth-order valence-corrected chi connectivity index (χ4v) is 5.29. The SMILES string of the molecule is N#Cc1sc2cnc(Nc3cnc(N4CCOCC4)nc3)cc2c1C1CCCC1. The lowest BCUT2D eigenvalue weighted by molar-refractivity contribution is 0.122. The summed E-state index contributed by atoms with van der Waals surface area (Å²) < 4.78 is 6.45. The van der Waals surface area contributed by atoms with Crippen molar-refractivity contribution in [1.29, 1.82) is 5.26 Å². The van der Waals surface area contributed by atoms with Gasteiger partial charge in [0.25, 0.3) is 0 Å². The number of hydrogen-bond donors (Lipinski definition) is 1. The van der Waals surface area contributed by atoms with Crippen LogP contribution in [0.2, 0.25) is 0 Å².